The minimum atomic E-state index is -4.52. The maximum absolute atomic E-state index is 12.8. The average Bonchev–Trinajstić information content (AvgIpc) is 3.49. The normalized spacial score (nSPS) is 12.0. The molecule has 7 nitrogen and oxygen atoms in total. The van der Waals surface area contributed by atoms with Crippen molar-refractivity contribution in [3.05, 3.63) is 77.7 Å². The number of amides is 1. The number of halogens is 3. The van der Waals surface area contributed by atoms with Gasteiger partial charge < -0.3 is 5.32 Å². The Morgan fingerprint density at radius 3 is 2.36 bits per heavy atom. The molecule has 0 aliphatic carbocycles. The van der Waals surface area contributed by atoms with Crippen LogP contribution < -0.4 is 5.32 Å². The van der Waals surface area contributed by atoms with E-state index in [9.17, 15) is 18.0 Å². The molecule has 2 aromatic carbocycles. The Labute approximate surface area is 187 Å². The molecule has 2 aromatic heterocycles. The third kappa shape index (κ3) is 4.94. The van der Waals surface area contributed by atoms with Crippen LogP contribution >= 0.6 is 0 Å². The summed E-state index contributed by atoms with van der Waals surface area (Å²) in [6.45, 7) is 4.10. The number of aromatic nitrogens is 5. The fourth-order valence-electron chi connectivity index (χ4n) is 3.20. The smallest absolute Gasteiger partial charge is 0.351 e. The molecule has 170 valence electrons. The fraction of sp³-hybridized carbons (Fsp3) is 0.217. The van der Waals surface area contributed by atoms with Crippen LogP contribution in [-0.2, 0) is 11.6 Å². The number of hydrogen-bond acceptors (Lipinski definition) is 4. The summed E-state index contributed by atoms with van der Waals surface area (Å²) in [7, 11) is 0. The minimum Gasteiger partial charge on any atom is -0.351 e. The maximum atomic E-state index is 12.8. The first-order chi connectivity index (χ1) is 15.6. The van der Waals surface area contributed by atoms with E-state index in [-0.39, 0.29) is 18.1 Å². The van der Waals surface area contributed by atoms with Crippen LogP contribution in [0.2, 0.25) is 0 Å². The molecule has 0 fully saturated rings. The Bertz CT molecular complexity index is 1260. The number of carbonyl (C=O) groups is 1. The van der Waals surface area contributed by atoms with E-state index >= 15 is 0 Å². The summed E-state index contributed by atoms with van der Waals surface area (Å²) in [6, 6.07) is 16.7. The van der Waals surface area contributed by atoms with E-state index in [4.69, 9.17) is 0 Å². The number of rotatable bonds is 6. The van der Waals surface area contributed by atoms with Gasteiger partial charge in [0, 0.05) is 28.7 Å². The molecule has 0 unspecified atom stereocenters. The number of benzene rings is 2. The van der Waals surface area contributed by atoms with E-state index in [1.165, 1.54) is 6.07 Å². The molecule has 4 aromatic rings. The lowest BCUT2D eigenvalue weighted by Gasteiger charge is -2.22. The molecule has 33 heavy (non-hydrogen) atoms. The van der Waals surface area contributed by atoms with Gasteiger partial charge in [0.15, 0.2) is 5.82 Å². The third-order valence-corrected chi connectivity index (χ3v) is 5.15. The van der Waals surface area contributed by atoms with Crippen molar-refractivity contribution in [3.8, 4) is 22.6 Å². The molecule has 2 heterocycles. The third-order valence-electron chi connectivity index (χ3n) is 5.15. The summed E-state index contributed by atoms with van der Waals surface area (Å²) in [4.78, 5) is 17.3. The molecule has 0 radical (unpaired) electrons. The number of carbonyl (C=O) groups excluding carboxylic acids is 1. The topological polar surface area (TPSA) is 99.3 Å². The number of alkyl halides is 3. The van der Waals surface area contributed by atoms with Crippen LogP contribution in [-0.4, -0.2) is 37.8 Å². The van der Waals surface area contributed by atoms with Crippen molar-refractivity contribution in [3.63, 3.8) is 0 Å². The lowest BCUT2D eigenvalue weighted by molar-refractivity contribution is -0.141. The Kier molecular flexibility index (Phi) is 5.75. The van der Waals surface area contributed by atoms with E-state index < -0.39 is 17.3 Å². The second-order valence-corrected chi connectivity index (χ2v) is 8.19. The second-order valence-electron chi connectivity index (χ2n) is 8.19. The Morgan fingerprint density at radius 2 is 1.67 bits per heavy atom. The van der Waals surface area contributed by atoms with Crippen molar-refractivity contribution in [2.75, 3.05) is 6.54 Å². The van der Waals surface area contributed by atoms with Gasteiger partial charge >= 0.3 is 6.18 Å². The number of aromatic amines is 2. The molecule has 0 aliphatic heterocycles. The zero-order chi connectivity index (χ0) is 23.6. The summed E-state index contributed by atoms with van der Waals surface area (Å²) in [5.41, 5.74) is 0.197. The van der Waals surface area contributed by atoms with Gasteiger partial charge in [-0.15, -0.1) is 0 Å². The summed E-state index contributed by atoms with van der Waals surface area (Å²) < 4.78 is 38.5. The van der Waals surface area contributed by atoms with Gasteiger partial charge in [0.2, 0.25) is 0 Å². The summed E-state index contributed by atoms with van der Waals surface area (Å²) in [5.74, 6) is 0.820. The highest BCUT2D eigenvalue weighted by Gasteiger charge is 2.33. The number of H-pyrrole nitrogens is 2. The monoisotopic (exact) mass is 454 g/mol. The zero-order valence-corrected chi connectivity index (χ0v) is 17.9. The number of hydrogen-bond donors (Lipinski definition) is 3. The predicted molar refractivity (Wildman–Crippen MR) is 116 cm³/mol. The Morgan fingerprint density at radius 1 is 0.939 bits per heavy atom. The molecule has 3 N–H and O–H groups in total. The number of nitrogens with one attached hydrogen (secondary N) is 3. The van der Waals surface area contributed by atoms with Crippen molar-refractivity contribution in [2.24, 2.45) is 0 Å². The van der Waals surface area contributed by atoms with Gasteiger partial charge in [-0.05, 0) is 18.2 Å². The lowest BCUT2D eigenvalue weighted by Crippen LogP contribution is -2.37. The quantitative estimate of drug-likeness (QED) is 0.397. The molecule has 0 saturated heterocycles. The first kappa shape index (κ1) is 22.3. The van der Waals surface area contributed by atoms with Crippen LogP contribution in [0.3, 0.4) is 0 Å². The first-order valence-electron chi connectivity index (χ1n) is 10.1. The van der Waals surface area contributed by atoms with Gasteiger partial charge in [0.25, 0.3) is 5.91 Å². The van der Waals surface area contributed by atoms with E-state index in [2.05, 4.69) is 25.6 Å². The van der Waals surface area contributed by atoms with Crippen LogP contribution in [0.4, 0.5) is 13.2 Å². The van der Waals surface area contributed by atoms with Crippen LogP contribution in [0, 0.1) is 0 Å². The molecule has 0 bridgehead atoms. The van der Waals surface area contributed by atoms with Gasteiger partial charge in [0.1, 0.15) is 11.5 Å². The van der Waals surface area contributed by atoms with E-state index in [1.54, 1.807) is 18.2 Å². The molecule has 0 spiro atoms. The highest BCUT2D eigenvalue weighted by Crippen LogP contribution is 2.30. The summed E-state index contributed by atoms with van der Waals surface area (Å²) in [6.07, 6.45) is -4.52. The largest absolute Gasteiger partial charge is 0.432 e. The molecule has 10 heteroatoms. The van der Waals surface area contributed by atoms with Crippen molar-refractivity contribution in [2.45, 2.75) is 25.4 Å². The molecule has 0 atom stereocenters. The molecule has 1 amide bonds. The van der Waals surface area contributed by atoms with Crippen LogP contribution in [0.25, 0.3) is 22.6 Å². The lowest BCUT2D eigenvalue weighted by atomic mass is 9.92. The highest BCUT2D eigenvalue weighted by atomic mass is 19.4. The molecule has 0 saturated carbocycles. The highest BCUT2D eigenvalue weighted by molar-refractivity contribution is 5.95. The van der Waals surface area contributed by atoms with Gasteiger partial charge in [-0.2, -0.15) is 23.4 Å². The van der Waals surface area contributed by atoms with Crippen molar-refractivity contribution < 1.29 is 18.0 Å². The van der Waals surface area contributed by atoms with E-state index in [1.807, 2.05) is 49.3 Å². The predicted octanol–water partition coefficient (Wildman–Crippen LogP) is 4.59. The van der Waals surface area contributed by atoms with Crippen molar-refractivity contribution >= 4 is 5.91 Å². The number of nitrogens with zero attached hydrogens (tertiary/aromatic N) is 3. The fourth-order valence-corrected chi connectivity index (χ4v) is 3.20. The van der Waals surface area contributed by atoms with Gasteiger partial charge in [0.05, 0.1) is 5.69 Å². The van der Waals surface area contributed by atoms with Crippen molar-refractivity contribution in [1.29, 1.82) is 0 Å². The molecular formula is C23H21F3N6O. The average molecular weight is 454 g/mol. The molecular weight excluding hydrogens is 433 g/mol. The Balaban J connectivity index is 1.45. The van der Waals surface area contributed by atoms with Crippen LogP contribution in [0.5, 0.6) is 0 Å². The van der Waals surface area contributed by atoms with E-state index in [0.29, 0.717) is 22.8 Å². The standard InChI is InChI=1S/C23H21F3N6O/c1-22(2,21-28-19(31-32-21)14-7-4-3-5-8-14)13-27-20(33)16-10-6-9-15(11-16)17-12-18(30-29-17)23(24,25)26/h3-12H,13H2,1-2H3,(H,27,33)(H,29,30)(H,28,31,32). The maximum Gasteiger partial charge on any atom is 0.432 e. The van der Waals surface area contributed by atoms with Crippen LogP contribution in [0.1, 0.15) is 35.7 Å². The Hall–Kier alpha value is -3.95. The second kappa shape index (κ2) is 8.53. The van der Waals surface area contributed by atoms with Gasteiger partial charge in [-0.25, -0.2) is 4.98 Å². The van der Waals surface area contributed by atoms with E-state index in [0.717, 1.165) is 11.6 Å². The van der Waals surface area contributed by atoms with Crippen molar-refractivity contribution in [1.82, 2.24) is 30.7 Å². The SMILES string of the molecule is CC(C)(CNC(=O)c1cccc(-c2cc(C(F)(F)F)[nH]n2)c1)c1nc(-c2ccccc2)n[nH]1. The molecule has 0 aliphatic rings. The molecule has 4 rings (SSSR count). The van der Waals surface area contributed by atoms with Gasteiger partial charge in [-0.1, -0.05) is 56.3 Å². The van der Waals surface area contributed by atoms with Crippen LogP contribution in [0.15, 0.2) is 60.7 Å². The zero-order valence-electron chi connectivity index (χ0n) is 17.9. The first-order valence-corrected chi connectivity index (χ1v) is 10.1. The summed E-state index contributed by atoms with van der Waals surface area (Å²) in [5, 5.41) is 15.7. The minimum absolute atomic E-state index is 0.104. The van der Waals surface area contributed by atoms with Gasteiger partial charge in [-0.3, -0.25) is 15.0 Å². The summed E-state index contributed by atoms with van der Waals surface area (Å²) >= 11 is 0.